The standard InChI is InChI=1S/C20H22ClN3O4/c1-3-24(4-2)20(27)13-5-8-15(9-6-13)23-18(25)12-28-17-11-14(21)7-10-16(17)19(22)26/h5-11H,3-4,12H2,1-2H3,(H2,22,26)(H,23,25). The van der Waals surface area contributed by atoms with Crippen molar-refractivity contribution in [2.45, 2.75) is 13.8 Å². The third-order valence-corrected chi connectivity index (χ3v) is 4.27. The van der Waals surface area contributed by atoms with Gasteiger partial charge in [-0.15, -0.1) is 0 Å². The number of anilines is 1. The molecule has 8 heteroatoms. The highest BCUT2D eigenvalue weighted by atomic mass is 35.5. The lowest BCUT2D eigenvalue weighted by molar-refractivity contribution is -0.118. The molecule has 0 unspecified atom stereocenters. The molecule has 0 heterocycles. The summed E-state index contributed by atoms with van der Waals surface area (Å²) in [6.45, 7) is 4.75. The summed E-state index contributed by atoms with van der Waals surface area (Å²) in [6.07, 6.45) is 0. The average molecular weight is 404 g/mol. The number of primary amides is 1. The van der Waals surface area contributed by atoms with Gasteiger partial charge < -0.3 is 20.7 Å². The molecule has 3 amide bonds. The second kappa shape index (κ2) is 9.75. The van der Waals surface area contributed by atoms with Crippen molar-refractivity contribution >= 4 is 35.0 Å². The molecule has 0 bridgehead atoms. The summed E-state index contributed by atoms with van der Waals surface area (Å²) < 4.78 is 5.38. The van der Waals surface area contributed by atoms with Crippen LogP contribution in [0.15, 0.2) is 42.5 Å². The highest BCUT2D eigenvalue weighted by Crippen LogP contribution is 2.23. The van der Waals surface area contributed by atoms with Gasteiger partial charge in [0.15, 0.2) is 6.61 Å². The molecule has 0 radical (unpaired) electrons. The van der Waals surface area contributed by atoms with E-state index in [2.05, 4.69) is 5.32 Å². The molecule has 0 aliphatic heterocycles. The first kappa shape index (κ1) is 21.2. The van der Waals surface area contributed by atoms with Gasteiger partial charge in [0, 0.05) is 29.4 Å². The van der Waals surface area contributed by atoms with E-state index in [1.807, 2.05) is 13.8 Å². The van der Waals surface area contributed by atoms with Gasteiger partial charge in [-0.3, -0.25) is 14.4 Å². The minimum atomic E-state index is -0.680. The second-order valence-corrected chi connectivity index (χ2v) is 6.33. The number of ether oxygens (including phenoxy) is 1. The second-order valence-electron chi connectivity index (χ2n) is 5.90. The highest BCUT2D eigenvalue weighted by Gasteiger charge is 2.14. The van der Waals surface area contributed by atoms with E-state index >= 15 is 0 Å². The lowest BCUT2D eigenvalue weighted by Gasteiger charge is -2.18. The molecule has 0 aliphatic carbocycles. The van der Waals surface area contributed by atoms with Crippen molar-refractivity contribution in [1.29, 1.82) is 0 Å². The van der Waals surface area contributed by atoms with Gasteiger partial charge in [0.05, 0.1) is 5.56 Å². The van der Waals surface area contributed by atoms with Crippen LogP contribution in [-0.4, -0.2) is 42.3 Å². The van der Waals surface area contributed by atoms with Gasteiger partial charge in [0.2, 0.25) is 0 Å². The molecular weight excluding hydrogens is 382 g/mol. The van der Waals surface area contributed by atoms with Crippen LogP contribution in [0.25, 0.3) is 0 Å². The Balaban J connectivity index is 1.98. The largest absolute Gasteiger partial charge is 0.483 e. The molecule has 3 N–H and O–H groups in total. The van der Waals surface area contributed by atoms with Crippen LogP contribution in [0.4, 0.5) is 5.69 Å². The summed E-state index contributed by atoms with van der Waals surface area (Å²) >= 11 is 5.89. The van der Waals surface area contributed by atoms with Crippen molar-refractivity contribution in [1.82, 2.24) is 4.90 Å². The van der Waals surface area contributed by atoms with Crippen LogP contribution >= 0.6 is 11.6 Å². The van der Waals surface area contributed by atoms with Crippen LogP contribution in [0.5, 0.6) is 5.75 Å². The Morgan fingerprint density at radius 2 is 1.71 bits per heavy atom. The number of nitrogens with one attached hydrogen (secondary N) is 1. The summed E-state index contributed by atoms with van der Waals surface area (Å²) in [5, 5.41) is 3.02. The SMILES string of the molecule is CCN(CC)C(=O)c1ccc(NC(=O)COc2cc(Cl)ccc2C(N)=O)cc1. The van der Waals surface area contributed by atoms with E-state index in [1.54, 1.807) is 29.2 Å². The van der Waals surface area contributed by atoms with Crippen LogP contribution in [0, 0.1) is 0 Å². The molecule has 0 aromatic heterocycles. The number of nitrogens with two attached hydrogens (primary N) is 1. The fourth-order valence-electron chi connectivity index (χ4n) is 2.55. The zero-order valence-electron chi connectivity index (χ0n) is 15.7. The van der Waals surface area contributed by atoms with Crippen molar-refractivity contribution in [3.8, 4) is 5.75 Å². The number of hydrogen-bond acceptors (Lipinski definition) is 4. The molecule has 0 saturated carbocycles. The Morgan fingerprint density at radius 3 is 2.29 bits per heavy atom. The fourth-order valence-corrected chi connectivity index (χ4v) is 2.71. The Labute approximate surface area is 168 Å². The average Bonchev–Trinajstić information content (AvgIpc) is 2.67. The number of carbonyl (C=O) groups is 3. The third kappa shape index (κ3) is 5.47. The first-order valence-electron chi connectivity index (χ1n) is 8.77. The lowest BCUT2D eigenvalue weighted by atomic mass is 10.1. The molecule has 28 heavy (non-hydrogen) atoms. The molecule has 7 nitrogen and oxygen atoms in total. The topological polar surface area (TPSA) is 102 Å². The molecule has 0 fully saturated rings. The molecule has 0 saturated heterocycles. The van der Waals surface area contributed by atoms with Crippen LogP contribution in [0.2, 0.25) is 5.02 Å². The maximum atomic E-state index is 12.3. The van der Waals surface area contributed by atoms with E-state index in [0.29, 0.717) is 29.4 Å². The minimum Gasteiger partial charge on any atom is -0.483 e. The van der Waals surface area contributed by atoms with E-state index in [0.717, 1.165) is 0 Å². The molecule has 0 aliphatic rings. The number of nitrogens with zero attached hydrogens (tertiary/aromatic N) is 1. The van der Waals surface area contributed by atoms with E-state index in [9.17, 15) is 14.4 Å². The van der Waals surface area contributed by atoms with Crippen molar-refractivity contribution in [3.05, 3.63) is 58.6 Å². The zero-order valence-corrected chi connectivity index (χ0v) is 16.5. The summed E-state index contributed by atoms with van der Waals surface area (Å²) in [7, 11) is 0. The Morgan fingerprint density at radius 1 is 1.07 bits per heavy atom. The summed E-state index contributed by atoms with van der Waals surface area (Å²) in [5.41, 5.74) is 6.48. The normalized spacial score (nSPS) is 10.2. The van der Waals surface area contributed by atoms with Crippen molar-refractivity contribution < 1.29 is 19.1 Å². The number of amides is 3. The van der Waals surface area contributed by atoms with E-state index in [4.69, 9.17) is 22.1 Å². The van der Waals surface area contributed by atoms with Crippen molar-refractivity contribution in [2.75, 3.05) is 25.0 Å². The first-order chi connectivity index (χ1) is 13.3. The van der Waals surface area contributed by atoms with Gasteiger partial charge in [-0.2, -0.15) is 0 Å². The molecule has 2 aromatic carbocycles. The van der Waals surface area contributed by atoms with Crippen molar-refractivity contribution in [3.63, 3.8) is 0 Å². The van der Waals surface area contributed by atoms with Crippen LogP contribution in [0.1, 0.15) is 34.6 Å². The van der Waals surface area contributed by atoms with Crippen LogP contribution < -0.4 is 15.8 Å². The highest BCUT2D eigenvalue weighted by molar-refractivity contribution is 6.30. The lowest BCUT2D eigenvalue weighted by Crippen LogP contribution is -2.30. The smallest absolute Gasteiger partial charge is 0.262 e. The summed E-state index contributed by atoms with van der Waals surface area (Å²) in [4.78, 5) is 37.5. The predicted molar refractivity (Wildman–Crippen MR) is 108 cm³/mol. The molecule has 0 atom stereocenters. The third-order valence-electron chi connectivity index (χ3n) is 4.03. The summed E-state index contributed by atoms with van der Waals surface area (Å²) in [6, 6.07) is 11.0. The van der Waals surface area contributed by atoms with Crippen LogP contribution in [-0.2, 0) is 4.79 Å². The molecule has 2 rings (SSSR count). The van der Waals surface area contributed by atoms with E-state index < -0.39 is 11.8 Å². The molecular formula is C20H22ClN3O4. The Bertz CT molecular complexity index is 864. The Kier molecular flexibility index (Phi) is 7.40. The van der Waals surface area contributed by atoms with Gasteiger partial charge in [0.1, 0.15) is 5.75 Å². The zero-order chi connectivity index (χ0) is 20.7. The molecule has 2 aromatic rings. The number of carbonyl (C=O) groups excluding carboxylic acids is 3. The maximum Gasteiger partial charge on any atom is 0.262 e. The van der Waals surface area contributed by atoms with E-state index in [1.165, 1.54) is 18.2 Å². The van der Waals surface area contributed by atoms with E-state index in [-0.39, 0.29) is 23.8 Å². The summed E-state index contributed by atoms with van der Waals surface area (Å²) in [5.74, 6) is -1.04. The van der Waals surface area contributed by atoms with Crippen LogP contribution in [0.3, 0.4) is 0 Å². The molecule has 148 valence electrons. The predicted octanol–water partition coefficient (Wildman–Crippen LogP) is 2.94. The first-order valence-corrected chi connectivity index (χ1v) is 9.14. The minimum absolute atomic E-state index is 0.0638. The Hall–Kier alpha value is -3.06. The fraction of sp³-hybridized carbons (Fsp3) is 0.250. The quantitative estimate of drug-likeness (QED) is 0.707. The molecule has 0 spiro atoms. The van der Waals surface area contributed by atoms with Crippen molar-refractivity contribution in [2.24, 2.45) is 5.73 Å². The van der Waals surface area contributed by atoms with Gasteiger partial charge >= 0.3 is 0 Å². The number of halogens is 1. The maximum absolute atomic E-state index is 12.3. The van der Waals surface area contributed by atoms with Gasteiger partial charge in [0.25, 0.3) is 17.7 Å². The number of hydrogen-bond donors (Lipinski definition) is 2. The monoisotopic (exact) mass is 403 g/mol. The van der Waals surface area contributed by atoms with Gasteiger partial charge in [-0.25, -0.2) is 0 Å². The number of benzene rings is 2. The number of rotatable bonds is 8. The van der Waals surface area contributed by atoms with Gasteiger partial charge in [-0.05, 0) is 56.3 Å². The van der Waals surface area contributed by atoms with Gasteiger partial charge in [-0.1, -0.05) is 11.6 Å².